The van der Waals surface area contributed by atoms with E-state index in [-0.39, 0.29) is 28.2 Å². The van der Waals surface area contributed by atoms with E-state index in [1.54, 1.807) is 36.4 Å². The zero-order valence-corrected chi connectivity index (χ0v) is 20.4. The number of para-hydroxylation sites is 1. The zero-order valence-electron chi connectivity index (χ0n) is 18.9. The summed E-state index contributed by atoms with van der Waals surface area (Å²) in [5.41, 5.74) is 5.57. The molecule has 0 heterocycles. The van der Waals surface area contributed by atoms with E-state index < -0.39 is 11.8 Å². The second-order valence-corrected chi connectivity index (χ2v) is 8.29. The number of aryl methyl sites for hydroxylation is 2. The van der Waals surface area contributed by atoms with E-state index in [1.807, 2.05) is 32.0 Å². The van der Waals surface area contributed by atoms with Crippen molar-refractivity contribution in [2.45, 2.75) is 13.8 Å². The Hall–Kier alpha value is -3.88. The molecule has 0 bridgehead atoms. The van der Waals surface area contributed by atoms with Gasteiger partial charge in [0.05, 0.1) is 21.9 Å². The molecule has 0 aliphatic rings. The summed E-state index contributed by atoms with van der Waals surface area (Å²) in [5, 5.41) is 9.30. The van der Waals surface area contributed by atoms with Gasteiger partial charge in [-0.25, -0.2) is 5.43 Å². The molecule has 0 saturated carbocycles. The molecule has 180 valence electrons. The molecule has 3 rings (SSSR count). The van der Waals surface area contributed by atoms with Gasteiger partial charge < -0.3 is 15.4 Å². The number of ether oxygens (including phenoxy) is 1. The molecule has 0 aliphatic heterocycles. The number of anilines is 2. The monoisotopic (exact) mass is 512 g/mol. The maximum atomic E-state index is 12.3. The molecular weight excluding hydrogens is 491 g/mol. The average Bonchev–Trinajstić information content (AvgIpc) is 2.80. The number of rotatable bonds is 7. The Morgan fingerprint density at radius 2 is 1.63 bits per heavy atom. The first-order chi connectivity index (χ1) is 16.7. The van der Waals surface area contributed by atoms with Gasteiger partial charge in [-0.3, -0.25) is 14.4 Å². The Bertz CT molecular complexity index is 1270. The number of carbonyl (C=O) groups excluding carboxylic acids is 3. The van der Waals surface area contributed by atoms with E-state index in [4.69, 9.17) is 27.9 Å². The molecule has 3 aromatic carbocycles. The summed E-state index contributed by atoms with van der Waals surface area (Å²) in [6.07, 6.45) is 1.30. The van der Waals surface area contributed by atoms with Crippen LogP contribution in [0.1, 0.15) is 16.7 Å². The van der Waals surface area contributed by atoms with Crippen LogP contribution in [-0.4, -0.2) is 30.5 Å². The van der Waals surface area contributed by atoms with Crippen molar-refractivity contribution >= 4 is 58.5 Å². The summed E-state index contributed by atoms with van der Waals surface area (Å²) in [7, 11) is 0. The zero-order chi connectivity index (χ0) is 25.4. The summed E-state index contributed by atoms with van der Waals surface area (Å²) in [6, 6.07) is 17.2. The van der Waals surface area contributed by atoms with Crippen LogP contribution in [0.5, 0.6) is 5.75 Å². The van der Waals surface area contributed by atoms with Crippen LogP contribution in [0.25, 0.3) is 0 Å². The molecule has 8 nitrogen and oxygen atoms in total. The number of benzene rings is 3. The minimum atomic E-state index is -1.01. The highest BCUT2D eigenvalue weighted by Crippen LogP contribution is 2.29. The van der Waals surface area contributed by atoms with Crippen LogP contribution < -0.4 is 20.8 Å². The second-order valence-electron chi connectivity index (χ2n) is 7.51. The highest BCUT2D eigenvalue weighted by molar-refractivity contribution is 6.45. The minimum Gasteiger partial charge on any atom is -0.483 e. The molecule has 3 N–H and O–H groups in total. The topological polar surface area (TPSA) is 109 Å². The third-order valence-corrected chi connectivity index (χ3v) is 5.38. The predicted molar refractivity (Wildman–Crippen MR) is 137 cm³/mol. The Kier molecular flexibility index (Phi) is 8.83. The fraction of sp³-hybridized carbons (Fsp3) is 0.120. The summed E-state index contributed by atoms with van der Waals surface area (Å²) in [5.74, 6) is -1.94. The molecule has 0 saturated heterocycles. The van der Waals surface area contributed by atoms with Crippen LogP contribution in [0.3, 0.4) is 0 Å². The fourth-order valence-electron chi connectivity index (χ4n) is 3.10. The van der Waals surface area contributed by atoms with Gasteiger partial charge in [0.1, 0.15) is 5.75 Å². The van der Waals surface area contributed by atoms with Gasteiger partial charge >= 0.3 is 11.8 Å². The quantitative estimate of drug-likeness (QED) is 0.241. The lowest BCUT2D eigenvalue weighted by atomic mass is 10.1. The molecule has 0 aromatic heterocycles. The number of hydrogen-bond donors (Lipinski definition) is 3. The van der Waals surface area contributed by atoms with Gasteiger partial charge in [-0.15, -0.1) is 0 Å². The lowest BCUT2D eigenvalue weighted by Crippen LogP contribution is -2.32. The van der Waals surface area contributed by atoms with Gasteiger partial charge in [0.15, 0.2) is 6.61 Å². The molecule has 0 aliphatic carbocycles. The SMILES string of the molecule is Cc1cc(C)cc(NC(=O)COc2ccccc2/C=N\NC(=O)C(=O)Nc2cccc(Cl)c2Cl)c1. The first kappa shape index (κ1) is 25.7. The molecule has 10 heteroatoms. The molecule has 0 fully saturated rings. The van der Waals surface area contributed by atoms with Crippen LogP contribution in [0.2, 0.25) is 10.0 Å². The molecule has 0 spiro atoms. The number of halogens is 2. The van der Waals surface area contributed by atoms with Crippen LogP contribution >= 0.6 is 23.2 Å². The van der Waals surface area contributed by atoms with Gasteiger partial charge in [0.2, 0.25) is 0 Å². The standard InChI is InChI=1S/C25H22Cl2N4O4/c1-15-10-16(2)12-18(11-15)29-22(32)14-35-21-9-4-3-6-17(21)13-28-31-25(34)24(33)30-20-8-5-7-19(26)23(20)27/h3-13H,14H2,1-2H3,(H,29,32)(H,30,33)(H,31,34)/b28-13-. The fourth-order valence-corrected chi connectivity index (χ4v) is 3.44. The van der Waals surface area contributed by atoms with Crippen molar-refractivity contribution in [3.05, 3.63) is 87.4 Å². The van der Waals surface area contributed by atoms with Gasteiger partial charge in [0, 0.05) is 11.3 Å². The molecule has 35 heavy (non-hydrogen) atoms. The number of carbonyl (C=O) groups is 3. The third kappa shape index (κ3) is 7.56. The number of hydrazone groups is 1. The Morgan fingerprint density at radius 3 is 2.37 bits per heavy atom. The summed E-state index contributed by atoms with van der Waals surface area (Å²) < 4.78 is 5.62. The molecule has 0 atom stereocenters. The van der Waals surface area contributed by atoms with Gasteiger partial charge in [0.25, 0.3) is 5.91 Å². The highest BCUT2D eigenvalue weighted by Gasteiger charge is 2.15. The molecular formula is C25H22Cl2N4O4. The third-order valence-electron chi connectivity index (χ3n) is 4.56. The van der Waals surface area contributed by atoms with Crippen molar-refractivity contribution in [2.24, 2.45) is 5.10 Å². The average molecular weight is 513 g/mol. The van der Waals surface area contributed by atoms with E-state index in [2.05, 4.69) is 21.2 Å². The molecule has 3 amide bonds. The van der Waals surface area contributed by atoms with Crippen molar-refractivity contribution in [1.82, 2.24) is 5.43 Å². The molecule has 3 aromatic rings. The lowest BCUT2D eigenvalue weighted by Gasteiger charge is -2.10. The van der Waals surface area contributed by atoms with Crippen LogP contribution in [0.15, 0.2) is 65.8 Å². The number of nitrogens with zero attached hydrogens (tertiary/aromatic N) is 1. The van der Waals surface area contributed by atoms with E-state index in [9.17, 15) is 14.4 Å². The minimum absolute atomic E-state index is 0.117. The maximum absolute atomic E-state index is 12.3. The first-order valence-electron chi connectivity index (χ1n) is 10.4. The van der Waals surface area contributed by atoms with Crippen LogP contribution in [0.4, 0.5) is 11.4 Å². The number of hydrogen-bond acceptors (Lipinski definition) is 5. The van der Waals surface area contributed by atoms with Crippen molar-refractivity contribution in [3.63, 3.8) is 0 Å². The van der Waals surface area contributed by atoms with E-state index in [0.29, 0.717) is 17.0 Å². The van der Waals surface area contributed by atoms with E-state index >= 15 is 0 Å². The first-order valence-corrected chi connectivity index (χ1v) is 11.2. The van der Waals surface area contributed by atoms with Crippen LogP contribution in [0, 0.1) is 13.8 Å². The predicted octanol–water partition coefficient (Wildman–Crippen LogP) is 4.72. The van der Waals surface area contributed by atoms with Gasteiger partial charge in [-0.2, -0.15) is 5.10 Å². The summed E-state index contributed by atoms with van der Waals surface area (Å²) in [4.78, 5) is 36.4. The molecule has 0 radical (unpaired) electrons. The Labute approximate surface area is 212 Å². The second kappa shape index (κ2) is 12.0. The van der Waals surface area contributed by atoms with Crippen molar-refractivity contribution in [1.29, 1.82) is 0 Å². The highest BCUT2D eigenvalue weighted by atomic mass is 35.5. The Balaban J connectivity index is 1.55. The van der Waals surface area contributed by atoms with Crippen LogP contribution in [-0.2, 0) is 14.4 Å². The summed E-state index contributed by atoms with van der Waals surface area (Å²) >= 11 is 11.9. The Morgan fingerprint density at radius 1 is 0.914 bits per heavy atom. The largest absolute Gasteiger partial charge is 0.483 e. The maximum Gasteiger partial charge on any atom is 0.329 e. The number of amides is 3. The van der Waals surface area contributed by atoms with Gasteiger partial charge in [-0.1, -0.05) is 47.5 Å². The normalized spacial score (nSPS) is 10.6. The van der Waals surface area contributed by atoms with E-state index in [1.165, 1.54) is 12.3 Å². The number of nitrogens with one attached hydrogen (secondary N) is 3. The van der Waals surface area contributed by atoms with Crippen molar-refractivity contribution < 1.29 is 19.1 Å². The molecule has 0 unspecified atom stereocenters. The smallest absolute Gasteiger partial charge is 0.329 e. The van der Waals surface area contributed by atoms with Crippen molar-refractivity contribution in [2.75, 3.05) is 17.2 Å². The summed E-state index contributed by atoms with van der Waals surface area (Å²) in [6.45, 7) is 3.67. The lowest BCUT2D eigenvalue weighted by molar-refractivity contribution is -0.136. The van der Waals surface area contributed by atoms with Gasteiger partial charge in [-0.05, 0) is 61.4 Å². The van der Waals surface area contributed by atoms with E-state index in [0.717, 1.165) is 11.1 Å². The van der Waals surface area contributed by atoms with Crippen molar-refractivity contribution in [3.8, 4) is 5.75 Å².